The van der Waals surface area contributed by atoms with E-state index in [0.29, 0.717) is 25.9 Å². The smallest absolute Gasteiger partial charge is 0.306 e. The SMILES string of the molecule is CCCCCCCCCOC(=O)CCCCCCCN(CCCCCCCC(=O)OC(CCCCCCCC)CCCCCCCC)CCCC(=O)OC(C)(C)C. The predicted octanol–water partition coefficient (Wildman–Crippen LogP) is 14.8. The topological polar surface area (TPSA) is 82.1 Å². The summed E-state index contributed by atoms with van der Waals surface area (Å²) in [6.45, 7) is 16.1. The normalized spacial score (nSPS) is 11.8. The lowest BCUT2D eigenvalue weighted by atomic mass is 10.0. The fourth-order valence-electron chi connectivity index (χ4n) is 7.57. The first kappa shape index (κ1) is 55.4. The van der Waals surface area contributed by atoms with Gasteiger partial charge in [0.15, 0.2) is 0 Å². The molecule has 0 fully saturated rings. The Morgan fingerprint density at radius 2 is 0.789 bits per heavy atom. The third-order valence-electron chi connectivity index (χ3n) is 11.1. The standard InChI is InChI=1S/C50H97NO6/c1-7-10-13-16-19-28-35-45-55-47(52)39-31-24-20-26-33-42-51(44-36-41-49(54)57-50(4,5)6)43-34-27-21-25-32-40-48(53)56-46(37-29-22-17-14-11-8-2)38-30-23-18-15-12-9-3/h46H,7-45H2,1-6H3. The first-order chi connectivity index (χ1) is 27.6. The predicted molar refractivity (Wildman–Crippen MR) is 242 cm³/mol. The number of esters is 3. The van der Waals surface area contributed by atoms with Crippen LogP contribution in [0.4, 0.5) is 0 Å². The number of ether oxygens (including phenoxy) is 3. The van der Waals surface area contributed by atoms with E-state index in [1.807, 2.05) is 20.8 Å². The molecule has 0 rings (SSSR count). The molecule has 57 heavy (non-hydrogen) atoms. The second kappa shape index (κ2) is 41.1. The van der Waals surface area contributed by atoms with E-state index in [2.05, 4.69) is 25.7 Å². The summed E-state index contributed by atoms with van der Waals surface area (Å²) in [6, 6.07) is 0. The summed E-state index contributed by atoms with van der Waals surface area (Å²) in [5, 5.41) is 0. The Labute approximate surface area is 354 Å². The van der Waals surface area contributed by atoms with Gasteiger partial charge in [-0.25, -0.2) is 0 Å². The van der Waals surface area contributed by atoms with Crippen LogP contribution < -0.4 is 0 Å². The zero-order valence-corrected chi connectivity index (χ0v) is 39.1. The first-order valence-corrected chi connectivity index (χ1v) is 24.9. The molecular formula is C50H97NO6. The summed E-state index contributed by atoms with van der Waals surface area (Å²) in [6.07, 6.45) is 39.2. The minimum atomic E-state index is -0.444. The van der Waals surface area contributed by atoms with Gasteiger partial charge in [-0.05, 0) is 105 Å². The van der Waals surface area contributed by atoms with Crippen molar-refractivity contribution in [3.63, 3.8) is 0 Å². The van der Waals surface area contributed by atoms with E-state index in [0.717, 1.165) is 116 Å². The van der Waals surface area contributed by atoms with E-state index < -0.39 is 5.60 Å². The van der Waals surface area contributed by atoms with Gasteiger partial charge in [0.25, 0.3) is 0 Å². The summed E-state index contributed by atoms with van der Waals surface area (Å²) >= 11 is 0. The molecule has 0 aliphatic rings. The maximum absolute atomic E-state index is 12.8. The highest BCUT2D eigenvalue weighted by Gasteiger charge is 2.17. The fraction of sp³-hybridized carbons (Fsp3) is 0.940. The zero-order chi connectivity index (χ0) is 42.1. The largest absolute Gasteiger partial charge is 0.466 e. The van der Waals surface area contributed by atoms with Crippen LogP contribution in [-0.2, 0) is 28.6 Å². The highest BCUT2D eigenvalue weighted by atomic mass is 16.6. The Morgan fingerprint density at radius 3 is 1.26 bits per heavy atom. The maximum Gasteiger partial charge on any atom is 0.306 e. The lowest BCUT2D eigenvalue weighted by Crippen LogP contribution is -2.29. The van der Waals surface area contributed by atoms with E-state index >= 15 is 0 Å². The molecule has 0 aromatic heterocycles. The third-order valence-corrected chi connectivity index (χ3v) is 11.1. The molecule has 0 aromatic rings. The van der Waals surface area contributed by atoms with Crippen molar-refractivity contribution < 1.29 is 28.6 Å². The highest BCUT2D eigenvalue weighted by Crippen LogP contribution is 2.19. The molecule has 338 valence electrons. The van der Waals surface area contributed by atoms with Crippen molar-refractivity contribution in [3.8, 4) is 0 Å². The second-order valence-corrected chi connectivity index (χ2v) is 18.1. The molecular weight excluding hydrogens is 711 g/mol. The number of nitrogens with zero attached hydrogens (tertiary/aromatic N) is 1. The molecule has 0 aromatic carbocycles. The molecule has 0 radical (unpaired) electrons. The Hall–Kier alpha value is -1.63. The summed E-state index contributed by atoms with van der Waals surface area (Å²) in [5.41, 5.74) is -0.444. The van der Waals surface area contributed by atoms with Crippen molar-refractivity contribution >= 4 is 17.9 Å². The summed E-state index contributed by atoms with van der Waals surface area (Å²) in [4.78, 5) is 39.8. The van der Waals surface area contributed by atoms with E-state index in [1.54, 1.807) is 0 Å². The molecule has 7 nitrogen and oxygen atoms in total. The molecule has 7 heteroatoms. The van der Waals surface area contributed by atoms with Crippen molar-refractivity contribution in [1.29, 1.82) is 0 Å². The average molecular weight is 808 g/mol. The lowest BCUT2D eigenvalue weighted by molar-refractivity contribution is -0.155. The van der Waals surface area contributed by atoms with Gasteiger partial charge in [0, 0.05) is 19.3 Å². The average Bonchev–Trinajstić information content (AvgIpc) is 3.16. The highest BCUT2D eigenvalue weighted by molar-refractivity contribution is 5.70. The van der Waals surface area contributed by atoms with Gasteiger partial charge in [-0.3, -0.25) is 14.4 Å². The second-order valence-electron chi connectivity index (χ2n) is 18.1. The van der Waals surface area contributed by atoms with Crippen molar-refractivity contribution in [2.24, 2.45) is 0 Å². The van der Waals surface area contributed by atoms with Crippen LogP contribution in [0.2, 0.25) is 0 Å². The Bertz CT molecular complexity index is 886. The van der Waals surface area contributed by atoms with Gasteiger partial charge in [0.05, 0.1) is 6.61 Å². The molecule has 0 bridgehead atoms. The number of carbonyl (C=O) groups is 3. The van der Waals surface area contributed by atoms with Gasteiger partial charge in [-0.2, -0.15) is 0 Å². The third kappa shape index (κ3) is 42.3. The van der Waals surface area contributed by atoms with Gasteiger partial charge in [-0.15, -0.1) is 0 Å². The molecule has 0 amide bonds. The molecule has 0 aliphatic carbocycles. The number of hydrogen-bond acceptors (Lipinski definition) is 7. The molecule has 0 atom stereocenters. The van der Waals surface area contributed by atoms with Crippen LogP contribution in [0.5, 0.6) is 0 Å². The zero-order valence-electron chi connectivity index (χ0n) is 39.1. The number of carbonyl (C=O) groups excluding carboxylic acids is 3. The lowest BCUT2D eigenvalue weighted by Gasteiger charge is -2.23. The molecule has 0 heterocycles. The van der Waals surface area contributed by atoms with Crippen LogP contribution in [-0.4, -0.2) is 60.8 Å². The van der Waals surface area contributed by atoms with E-state index in [1.165, 1.54) is 109 Å². The van der Waals surface area contributed by atoms with Crippen LogP contribution in [0.15, 0.2) is 0 Å². The Balaban J connectivity index is 4.43. The van der Waals surface area contributed by atoms with Crippen molar-refractivity contribution in [1.82, 2.24) is 4.90 Å². The molecule has 0 spiro atoms. The molecule has 0 aliphatic heterocycles. The van der Waals surface area contributed by atoms with Crippen molar-refractivity contribution in [2.75, 3.05) is 26.2 Å². The first-order valence-electron chi connectivity index (χ1n) is 24.9. The van der Waals surface area contributed by atoms with Crippen molar-refractivity contribution in [2.45, 2.75) is 278 Å². The van der Waals surface area contributed by atoms with Gasteiger partial charge >= 0.3 is 17.9 Å². The summed E-state index contributed by atoms with van der Waals surface area (Å²) in [5.74, 6) is -0.145. The number of unbranched alkanes of at least 4 members (excludes halogenated alkanes) is 24. The monoisotopic (exact) mass is 808 g/mol. The Kier molecular flexibility index (Phi) is 39.9. The summed E-state index contributed by atoms with van der Waals surface area (Å²) < 4.78 is 17.0. The van der Waals surface area contributed by atoms with Crippen LogP contribution in [0.1, 0.15) is 266 Å². The van der Waals surface area contributed by atoms with Crippen LogP contribution >= 0.6 is 0 Å². The minimum Gasteiger partial charge on any atom is -0.466 e. The molecule has 0 saturated heterocycles. The Morgan fingerprint density at radius 1 is 0.421 bits per heavy atom. The fourth-order valence-corrected chi connectivity index (χ4v) is 7.57. The quantitative estimate of drug-likeness (QED) is 0.0345. The van der Waals surface area contributed by atoms with Gasteiger partial charge in [0.2, 0.25) is 0 Å². The van der Waals surface area contributed by atoms with Crippen molar-refractivity contribution in [3.05, 3.63) is 0 Å². The maximum atomic E-state index is 12.8. The molecule has 0 N–H and O–H groups in total. The number of rotatable bonds is 43. The van der Waals surface area contributed by atoms with Gasteiger partial charge < -0.3 is 19.1 Å². The number of hydrogen-bond donors (Lipinski definition) is 0. The molecule has 0 unspecified atom stereocenters. The van der Waals surface area contributed by atoms with E-state index in [4.69, 9.17) is 14.2 Å². The van der Waals surface area contributed by atoms with E-state index in [9.17, 15) is 14.4 Å². The van der Waals surface area contributed by atoms with Crippen LogP contribution in [0.25, 0.3) is 0 Å². The minimum absolute atomic E-state index is 0.00636. The van der Waals surface area contributed by atoms with E-state index in [-0.39, 0.29) is 24.0 Å². The summed E-state index contributed by atoms with van der Waals surface area (Å²) in [7, 11) is 0. The molecule has 0 saturated carbocycles. The van der Waals surface area contributed by atoms with Crippen LogP contribution in [0.3, 0.4) is 0 Å². The van der Waals surface area contributed by atoms with Crippen LogP contribution in [0, 0.1) is 0 Å². The van der Waals surface area contributed by atoms with Gasteiger partial charge in [0.1, 0.15) is 11.7 Å². The van der Waals surface area contributed by atoms with Gasteiger partial charge in [-0.1, -0.05) is 162 Å².